The van der Waals surface area contributed by atoms with Crippen LogP contribution < -0.4 is 0 Å². The number of alkyl halides is 4. The SMILES string of the molecule is C=C(Cn1cc(S(C)(=O)=O)cn1)[C@H]1CC[C@H]2[C@@H]3CC[C@@H]4C[C@@](O)(C(F)F)CC[C@@H]4[C@H]3CC[C@]12C.C=C(Cn1cccn1)[C@H]1CC[C@H]2[C@@H]3CC[C@@H]4C[C@@](O)(C(F)F)CC[C@@H]4[C@H]3CC[C@]12C.Cc1cnn(CC(=O)[C@H]2CC[C@H]3[C@@H]4CC[C@@H]5C[C@](C)(O)CC[C@@H]5[C@H]4CC[C@]23C)c1. The van der Waals surface area contributed by atoms with Crippen LogP contribution in [-0.4, -0.2) is 94.8 Å². The standard InChI is InChI=1S/C26H38F2N2O3S.C25H36F2N2O.C25H38N2O2/c1-16(14-30-15-18(13-29-30)34(3,32)33)22-6-7-23-21-5-4-17-12-26(31,24(27)28)11-9-19(17)20(21)8-10-25(22,23)2;1-16(15-29-13-3-12-28-29)21-6-7-22-20-5-4-17-14-25(30,23(26)27)11-9-18(17)19(20)8-10-24(21,22)2;1-16-13-26-27(14-16)15-23(28)22-7-6-21-20-5-4-17-12-24(2,29)10-8-18(17)19(20)9-11-25(21,22)3/h13,15,17,19-24,31H,1,4-12,14H2,2-3H3;3,12-13,17-23,30H,1,4-11,14-15H2,2H3;13-14,17-22,29H,4-12,15H2,1-3H3/t17-,19+,20-,21-,22-,23+,25-,26-;17-,18+,19-,20-,21-,22+,24-,25-;17-,18+,19-,20-,21+,22-,24-,25+/m111/s1. The molecule has 24 atom stereocenters. The molecule has 0 bridgehead atoms. The normalized spacial score (nSPS) is 44.7. The van der Waals surface area contributed by atoms with E-state index in [1.54, 1.807) is 10.9 Å². The van der Waals surface area contributed by atoms with Crippen molar-refractivity contribution in [1.29, 1.82) is 0 Å². The smallest absolute Gasteiger partial charge is 0.266 e. The van der Waals surface area contributed by atoms with E-state index in [9.17, 15) is 46.1 Å². The first kappa shape index (κ1) is 67.9. The second-order valence-electron chi connectivity index (χ2n) is 34.7. The minimum Gasteiger partial charge on any atom is -0.390 e. The Morgan fingerprint density at radius 2 is 0.935 bits per heavy atom. The lowest BCUT2D eigenvalue weighted by Gasteiger charge is -2.57. The van der Waals surface area contributed by atoms with Crippen LogP contribution in [0.3, 0.4) is 0 Å². The molecule has 0 saturated heterocycles. The van der Waals surface area contributed by atoms with Crippen molar-refractivity contribution in [3.8, 4) is 0 Å². The van der Waals surface area contributed by atoms with Gasteiger partial charge in [0.15, 0.2) is 15.6 Å². The zero-order valence-electron chi connectivity index (χ0n) is 56.9. The molecule has 12 aliphatic rings. The van der Waals surface area contributed by atoms with Crippen LogP contribution in [0.5, 0.6) is 0 Å². The number of hydrogen-bond acceptors (Lipinski definition) is 9. The van der Waals surface area contributed by atoms with Crippen molar-refractivity contribution in [2.75, 3.05) is 6.26 Å². The fourth-order valence-corrected chi connectivity index (χ4v) is 26.2. The van der Waals surface area contributed by atoms with Gasteiger partial charge in [-0.25, -0.2) is 26.0 Å². The van der Waals surface area contributed by atoms with E-state index in [-0.39, 0.29) is 52.7 Å². The number of nitrogens with zero attached hydrogens (tertiary/aromatic N) is 6. The number of aliphatic hydroxyl groups is 3. The summed E-state index contributed by atoms with van der Waals surface area (Å²) in [7, 11) is -3.27. The minimum atomic E-state index is -3.27. The minimum absolute atomic E-state index is 0.177. The maximum absolute atomic E-state index is 13.5. The summed E-state index contributed by atoms with van der Waals surface area (Å²) in [5, 5.41) is 44.4. The average Bonchev–Trinajstić information content (AvgIpc) is 1.67. The number of rotatable bonds is 12. The summed E-state index contributed by atoms with van der Waals surface area (Å²) in [5.41, 5.74) is 0.289. The lowest BCUT2D eigenvalue weighted by atomic mass is 9.48. The van der Waals surface area contributed by atoms with Crippen LogP contribution in [0.1, 0.15) is 207 Å². The molecule has 516 valence electrons. The Balaban J connectivity index is 0.000000127. The predicted octanol–water partition coefficient (Wildman–Crippen LogP) is 15.6. The van der Waals surface area contributed by atoms with Gasteiger partial charge in [-0.1, -0.05) is 45.1 Å². The number of sulfone groups is 1. The molecule has 17 heteroatoms. The summed E-state index contributed by atoms with van der Waals surface area (Å²) in [6.45, 7) is 22.1. The quantitative estimate of drug-likeness (QED) is 0.118. The van der Waals surface area contributed by atoms with Gasteiger partial charge >= 0.3 is 0 Å². The van der Waals surface area contributed by atoms with Crippen LogP contribution in [0.2, 0.25) is 0 Å². The first-order chi connectivity index (χ1) is 44.0. The lowest BCUT2D eigenvalue weighted by molar-refractivity contribution is -0.159. The molecular weight excluding hydrogens is 1200 g/mol. The van der Waals surface area contributed by atoms with Crippen LogP contribution >= 0.6 is 0 Å². The van der Waals surface area contributed by atoms with Gasteiger partial charge in [0.05, 0.1) is 37.6 Å². The van der Waals surface area contributed by atoms with Gasteiger partial charge < -0.3 is 15.3 Å². The maximum Gasteiger partial charge on any atom is 0.266 e. The second kappa shape index (κ2) is 25.6. The first-order valence-electron chi connectivity index (χ1n) is 36.8. The van der Waals surface area contributed by atoms with E-state index < -0.39 is 39.5 Å². The molecule has 93 heavy (non-hydrogen) atoms. The predicted molar refractivity (Wildman–Crippen MR) is 352 cm³/mol. The fourth-order valence-electron chi connectivity index (χ4n) is 25.6. The summed E-state index contributed by atoms with van der Waals surface area (Å²) >= 11 is 0. The molecule has 0 radical (unpaired) electrons. The molecule has 15 rings (SSSR count). The van der Waals surface area contributed by atoms with Gasteiger partial charge in [-0.05, 0) is 316 Å². The van der Waals surface area contributed by atoms with E-state index in [1.807, 2.05) is 54.1 Å². The van der Waals surface area contributed by atoms with Crippen molar-refractivity contribution in [2.45, 2.75) is 262 Å². The zero-order valence-corrected chi connectivity index (χ0v) is 57.7. The number of halogens is 4. The first-order valence-corrected chi connectivity index (χ1v) is 38.7. The highest BCUT2D eigenvalue weighted by atomic mass is 32.2. The zero-order chi connectivity index (χ0) is 66.0. The fraction of sp³-hybridized carbons (Fsp3) is 0.816. The van der Waals surface area contributed by atoms with Gasteiger partial charge in [0.1, 0.15) is 16.1 Å². The van der Waals surface area contributed by atoms with Crippen LogP contribution in [0, 0.1) is 130 Å². The molecule has 0 spiro atoms. The topological polar surface area (TPSA) is 165 Å². The molecule has 3 heterocycles. The van der Waals surface area contributed by atoms with Crippen molar-refractivity contribution < 1.29 is 46.1 Å². The number of fused-ring (bicyclic) bond motifs is 15. The largest absolute Gasteiger partial charge is 0.390 e. The van der Waals surface area contributed by atoms with E-state index >= 15 is 0 Å². The molecule has 0 unspecified atom stereocenters. The van der Waals surface area contributed by atoms with Crippen LogP contribution in [0.4, 0.5) is 17.6 Å². The molecule has 0 amide bonds. The lowest BCUT2D eigenvalue weighted by Crippen LogP contribution is -2.52. The number of hydrogen-bond donors (Lipinski definition) is 3. The van der Waals surface area contributed by atoms with E-state index in [0.29, 0.717) is 78.1 Å². The second-order valence-corrected chi connectivity index (χ2v) is 36.7. The number of carbonyl (C=O) groups excluding carboxylic acids is 1. The van der Waals surface area contributed by atoms with Gasteiger partial charge in [-0.15, -0.1) is 0 Å². The molecule has 3 N–H and O–H groups in total. The summed E-state index contributed by atoms with van der Waals surface area (Å²) in [4.78, 5) is 13.5. The monoisotopic (exact) mass is 1310 g/mol. The van der Waals surface area contributed by atoms with Crippen molar-refractivity contribution in [3.63, 3.8) is 0 Å². The number of aromatic nitrogens is 6. The van der Waals surface area contributed by atoms with Crippen LogP contribution in [0.15, 0.2) is 72.4 Å². The van der Waals surface area contributed by atoms with Gasteiger partial charge in [0.2, 0.25) is 0 Å². The number of aryl methyl sites for hydroxylation is 1. The Labute approximate surface area is 552 Å². The van der Waals surface area contributed by atoms with Crippen LogP contribution in [0.25, 0.3) is 0 Å². The van der Waals surface area contributed by atoms with Gasteiger partial charge in [0.25, 0.3) is 12.9 Å². The molecule has 12 fully saturated rings. The Kier molecular flexibility index (Phi) is 18.7. The summed E-state index contributed by atoms with van der Waals surface area (Å²) in [6.07, 6.45) is 33.5. The maximum atomic E-state index is 13.5. The van der Waals surface area contributed by atoms with E-state index in [2.05, 4.69) is 49.2 Å². The van der Waals surface area contributed by atoms with Gasteiger partial charge in [-0.3, -0.25) is 18.8 Å². The van der Waals surface area contributed by atoms with Gasteiger partial charge in [-0.2, -0.15) is 15.3 Å². The molecule has 12 aliphatic carbocycles. The van der Waals surface area contributed by atoms with E-state index in [1.165, 1.54) is 88.7 Å². The Morgan fingerprint density at radius 1 is 0.516 bits per heavy atom. The summed E-state index contributed by atoms with van der Waals surface area (Å²) in [5.74, 6) is 11.0. The average molecular weight is 1310 g/mol. The molecular formula is C76H112F4N6O6S. The third-order valence-electron chi connectivity index (χ3n) is 29.9. The Morgan fingerprint density at radius 3 is 1.37 bits per heavy atom. The van der Waals surface area contributed by atoms with Crippen molar-refractivity contribution in [3.05, 3.63) is 73.1 Å². The molecule has 12 saturated carbocycles. The molecule has 12 nitrogen and oxygen atoms in total. The number of carbonyl (C=O) groups is 1. The summed E-state index contributed by atoms with van der Waals surface area (Å²) in [6, 6.07) is 1.97. The van der Waals surface area contributed by atoms with E-state index in [4.69, 9.17) is 0 Å². The van der Waals surface area contributed by atoms with Crippen molar-refractivity contribution >= 4 is 15.6 Å². The van der Waals surface area contributed by atoms with Gasteiger partial charge in [0, 0.05) is 37.0 Å². The number of ketones is 1. The summed E-state index contributed by atoms with van der Waals surface area (Å²) < 4.78 is 82.9. The number of allylic oxidation sites excluding steroid dienone is 2. The third-order valence-corrected chi connectivity index (χ3v) is 31.0. The molecule has 0 aliphatic heterocycles. The highest BCUT2D eigenvalue weighted by molar-refractivity contribution is 7.90. The van der Waals surface area contributed by atoms with Crippen LogP contribution in [-0.2, 0) is 34.3 Å². The van der Waals surface area contributed by atoms with Crippen molar-refractivity contribution in [1.82, 2.24) is 29.3 Å². The number of Topliss-reactive ketones (excluding diaryl/α,β-unsaturated/α-hetero) is 1. The molecule has 3 aromatic rings. The highest BCUT2D eigenvalue weighted by Crippen LogP contribution is 2.69. The van der Waals surface area contributed by atoms with E-state index in [0.717, 1.165) is 136 Å². The Hall–Kier alpha value is -3.67. The third kappa shape index (κ3) is 12.6. The molecule has 3 aromatic heterocycles. The highest BCUT2D eigenvalue weighted by Gasteiger charge is 2.63. The van der Waals surface area contributed by atoms with Crippen molar-refractivity contribution in [2.24, 2.45) is 123 Å². The Bertz CT molecular complexity index is 3300. The molecule has 0 aromatic carbocycles.